The molecule has 0 aromatic carbocycles. The molecule has 19 heteroatoms. The van der Waals surface area contributed by atoms with Crippen LogP contribution >= 0.6 is 0 Å². The van der Waals surface area contributed by atoms with Gasteiger partial charge in [-0.25, -0.2) is 9.59 Å². The van der Waals surface area contributed by atoms with Crippen molar-refractivity contribution < 1.29 is 14.4 Å². The lowest BCUT2D eigenvalue weighted by Gasteiger charge is -2.41. The Morgan fingerprint density at radius 3 is 2.34 bits per heavy atom. The minimum atomic E-state index is -0.986. The molecule has 0 radical (unpaired) electrons. The second-order valence-corrected chi connectivity index (χ2v) is 9.65. The molecule has 224 valence electrons. The van der Waals surface area contributed by atoms with Gasteiger partial charge in [0.05, 0.1) is 16.8 Å². The van der Waals surface area contributed by atoms with E-state index in [1.807, 2.05) is 4.90 Å². The van der Waals surface area contributed by atoms with Crippen molar-refractivity contribution in [1.29, 1.82) is 5.41 Å². The van der Waals surface area contributed by atoms with Crippen LogP contribution in [0.1, 0.15) is 18.2 Å². The van der Waals surface area contributed by atoms with Crippen LogP contribution in [0, 0.1) is 5.41 Å². The fourth-order valence-electron chi connectivity index (χ4n) is 4.88. The van der Waals surface area contributed by atoms with Crippen LogP contribution in [0.3, 0.4) is 0 Å². The SMILES string of the molecule is CNC1NC(=O)C2=C(N1)N(CCN(CCCNC(=N)N)CCN1C(=O)NC(N)c3c1cc(N)[nH]c3=O)C(=O)NC2N. The highest BCUT2D eigenvalue weighted by atomic mass is 16.2. The lowest BCUT2D eigenvalue weighted by Crippen LogP contribution is -2.67. The topological polar surface area (TPSA) is 294 Å². The molecule has 3 aliphatic rings. The number of aromatic nitrogens is 1. The number of carbonyl (C=O) groups excluding carboxylic acids is 3. The van der Waals surface area contributed by atoms with Gasteiger partial charge in [0, 0.05) is 38.8 Å². The summed E-state index contributed by atoms with van der Waals surface area (Å²) < 4.78 is 0. The zero-order chi connectivity index (χ0) is 29.8. The third kappa shape index (κ3) is 6.43. The smallest absolute Gasteiger partial charge is 0.324 e. The molecule has 16 N–H and O–H groups in total. The molecule has 4 heterocycles. The van der Waals surface area contributed by atoms with Crippen LogP contribution in [-0.4, -0.2) is 97.5 Å². The van der Waals surface area contributed by atoms with E-state index in [1.54, 1.807) is 7.05 Å². The van der Waals surface area contributed by atoms with Gasteiger partial charge in [0.15, 0.2) is 12.2 Å². The maximum atomic E-state index is 12.9. The molecule has 5 amide bonds. The van der Waals surface area contributed by atoms with Crippen molar-refractivity contribution in [2.75, 3.05) is 56.9 Å². The van der Waals surface area contributed by atoms with E-state index in [1.165, 1.54) is 15.9 Å². The van der Waals surface area contributed by atoms with Crippen molar-refractivity contribution in [1.82, 2.24) is 46.7 Å². The molecule has 0 saturated carbocycles. The molecule has 0 bridgehead atoms. The lowest BCUT2D eigenvalue weighted by atomic mass is 10.1. The number of fused-ring (bicyclic) bond motifs is 1. The fraction of sp³-hybridized carbons (Fsp3) is 0.500. The summed E-state index contributed by atoms with van der Waals surface area (Å²) in [4.78, 5) is 58.2. The number of anilines is 2. The largest absolute Gasteiger partial charge is 0.385 e. The van der Waals surface area contributed by atoms with Gasteiger partial charge in [-0.3, -0.25) is 35.0 Å². The van der Waals surface area contributed by atoms with Gasteiger partial charge in [-0.1, -0.05) is 0 Å². The monoisotopic (exact) mass is 575 g/mol. The molecular weight excluding hydrogens is 538 g/mol. The van der Waals surface area contributed by atoms with Crippen LogP contribution in [0.15, 0.2) is 22.3 Å². The Kier molecular flexibility index (Phi) is 8.81. The van der Waals surface area contributed by atoms with Crippen molar-refractivity contribution in [3.8, 4) is 0 Å². The highest BCUT2D eigenvalue weighted by molar-refractivity contribution is 5.99. The van der Waals surface area contributed by atoms with Gasteiger partial charge in [0.1, 0.15) is 24.0 Å². The first-order valence-corrected chi connectivity index (χ1v) is 13.0. The number of H-pyrrole nitrogens is 1. The number of nitrogens with one attached hydrogen (secondary N) is 8. The Morgan fingerprint density at radius 1 is 1.00 bits per heavy atom. The van der Waals surface area contributed by atoms with Crippen LogP contribution < -0.4 is 65.3 Å². The summed E-state index contributed by atoms with van der Waals surface area (Å²) in [5.41, 5.74) is 23.5. The Balaban J connectivity index is 1.51. The Bertz CT molecular complexity index is 1300. The van der Waals surface area contributed by atoms with Crippen molar-refractivity contribution in [3.05, 3.63) is 33.4 Å². The molecule has 3 atom stereocenters. The predicted octanol–water partition coefficient (Wildman–Crippen LogP) is -4.64. The first-order valence-electron chi connectivity index (χ1n) is 13.0. The predicted molar refractivity (Wildman–Crippen MR) is 150 cm³/mol. The molecule has 3 unspecified atom stereocenters. The molecule has 41 heavy (non-hydrogen) atoms. The summed E-state index contributed by atoms with van der Waals surface area (Å²) in [6.07, 6.45) is -1.98. The van der Waals surface area contributed by atoms with Gasteiger partial charge in [-0.2, -0.15) is 0 Å². The van der Waals surface area contributed by atoms with Gasteiger partial charge < -0.3 is 54.5 Å². The van der Waals surface area contributed by atoms with E-state index in [4.69, 9.17) is 28.3 Å². The summed E-state index contributed by atoms with van der Waals surface area (Å²) in [5, 5.41) is 24.0. The highest BCUT2D eigenvalue weighted by Gasteiger charge is 2.39. The zero-order valence-corrected chi connectivity index (χ0v) is 22.5. The van der Waals surface area contributed by atoms with Crippen molar-refractivity contribution in [3.63, 3.8) is 0 Å². The number of pyridine rings is 1. The van der Waals surface area contributed by atoms with Crippen LogP contribution in [0.25, 0.3) is 0 Å². The minimum absolute atomic E-state index is 0.0927. The van der Waals surface area contributed by atoms with Gasteiger partial charge >= 0.3 is 12.1 Å². The summed E-state index contributed by atoms with van der Waals surface area (Å²) in [7, 11) is 1.65. The Morgan fingerprint density at radius 2 is 1.66 bits per heavy atom. The number of aromatic amines is 1. The number of carbonyl (C=O) groups is 3. The summed E-state index contributed by atoms with van der Waals surface area (Å²) >= 11 is 0. The van der Waals surface area contributed by atoms with Gasteiger partial charge in [-0.15, -0.1) is 0 Å². The minimum Gasteiger partial charge on any atom is -0.385 e. The Hall–Kier alpha value is -4.59. The molecule has 0 spiro atoms. The number of amides is 5. The van der Waals surface area contributed by atoms with E-state index in [2.05, 4.69) is 36.9 Å². The van der Waals surface area contributed by atoms with E-state index in [0.29, 0.717) is 44.1 Å². The number of nitrogens with zero attached hydrogens (tertiary/aromatic N) is 3. The third-order valence-electron chi connectivity index (χ3n) is 6.89. The van der Waals surface area contributed by atoms with E-state index >= 15 is 0 Å². The molecule has 0 saturated heterocycles. The molecule has 19 nitrogen and oxygen atoms in total. The number of rotatable bonds is 11. The fourth-order valence-corrected chi connectivity index (χ4v) is 4.88. The van der Waals surface area contributed by atoms with E-state index in [0.717, 1.165) is 0 Å². The summed E-state index contributed by atoms with van der Waals surface area (Å²) in [6, 6.07) is 0.534. The molecule has 1 aromatic heterocycles. The number of guanidine groups is 1. The normalized spacial score (nSPS) is 22.0. The summed E-state index contributed by atoms with van der Waals surface area (Å²) in [5.74, 6) is -0.172. The summed E-state index contributed by atoms with van der Waals surface area (Å²) in [6.45, 7) is 1.96. The molecule has 1 aromatic rings. The number of hydrogen-bond acceptors (Lipinski definition) is 11. The molecular formula is C22H37N15O4. The standard InChI is InChI=1S/C22H37N15O4/c1-28-20-33-16-13(18(39)34-20)15(25)32-22(41)37(16)8-6-35(4-2-3-29-19(26)27)5-7-36-10-9-11(23)30-17(38)12(10)14(24)31-21(36)40/h9,14-15,20,28,33H,2-8,24-25H2,1H3,(H,31,40)(H,32,41)(H,34,39)(H3,23,30,38)(H4,26,27,29). The molecule has 0 aliphatic carbocycles. The number of urea groups is 2. The van der Waals surface area contributed by atoms with E-state index in [-0.39, 0.29) is 36.0 Å². The quantitative estimate of drug-likeness (QED) is 0.0674. The van der Waals surface area contributed by atoms with Crippen molar-refractivity contribution >= 4 is 35.4 Å². The lowest BCUT2D eigenvalue weighted by molar-refractivity contribution is -0.119. The first kappa shape index (κ1) is 29.4. The molecule has 3 aliphatic heterocycles. The second kappa shape index (κ2) is 12.3. The van der Waals surface area contributed by atoms with Gasteiger partial charge in [0.2, 0.25) is 0 Å². The molecule has 0 fully saturated rings. The van der Waals surface area contributed by atoms with Gasteiger partial charge in [0.25, 0.3) is 11.5 Å². The molecule has 4 rings (SSSR count). The highest BCUT2D eigenvalue weighted by Crippen LogP contribution is 2.27. The first-order chi connectivity index (χ1) is 19.5. The Labute approximate surface area is 234 Å². The van der Waals surface area contributed by atoms with Crippen LogP contribution in [0.5, 0.6) is 0 Å². The zero-order valence-electron chi connectivity index (χ0n) is 22.5. The van der Waals surface area contributed by atoms with Crippen LogP contribution in [0.2, 0.25) is 0 Å². The van der Waals surface area contributed by atoms with Crippen LogP contribution in [0.4, 0.5) is 21.1 Å². The average molecular weight is 576 g/mol. The average Bonchev–Trinajstić information content (AvgIpc) is 2.88. The maximum absolute atomic E-state index is 12.9. The van der Waals surface area contributed by atoms with Crippen molar-refractivity contribution in [2.45, 2.75) is 25.0 Å². The second-order valence-electron chi connectivity index (χ2n) is 9.65. The van der Waals surface area contributed by atoms with Crippen molar-refractivity contribution in [2.24, 2.45) is 17.2 Å². The number of nitrogen functional groups attached to an aromatic ring is 1. The van der Waals surface area contributed by atoms with Crippen LogP contribution in [-0.2, 0) is 4.79 Å². The number of hydrogen-bond donors (Lipinski definition) is 12. The van der Waals surface area contributed by atoms with E-state index in [9.17, 15) is 19.2 Å². The maximum Gasteiger partial charge on any atom is 0.324 e. The van der Waals surface area contributed by atoms with Gasteiger partial charge in [-0.05, 0) is 20.0 Å². The third-order valence-corrected chi connectivity index (χ3v) is 6.89. The van der Waals surface area contributed by atoms with E-state index < -0.39 is 42.1 Å². The number of nitrogens with two attached hydrogens (primary N) is 4.